The van der Waals surface area contributed by atoms with Gasteiger partial charge in [-0.2, -0.15) is 0 Å². The Morgan fingerprint density at radius 3 is 2.70 bits per heavy atom. The van der Waals surface area contributed by atoms with Gasteiger partial charge >= 0.3 is 5.97 Å². The summed E-state index contributed by atoms with van der Waals surface area (Å²) in [5.74, 6) is -1.63. The monoisotopic (exact) mass is 316 g/mol. The van der Waals surface area contributed by atoms with Crippen LogP contribution in [0.5, 0.6) is 0 Å². The maximum absolute atomic E-state index is 12.7. The van der Waals surface area contributed by atoms with Crippen molar-refractivity contribution in [3.05, 3.63) is 41.2 Å². The maximum Gasteiger partial charge on any atom is 0.308 e. The van der Waals surface area contributed by atoms with Gasteiger partial charge in [-0.15, -0.1) is 11.3 Å². The van der Waals surface area contributed by atoms with Crippen LogP contribution in [0.3, 0.4) is 0 Å². The van der Waals surface area contributed by atoms with E-state index in [0.717, 1.165) is 23.6 Å². The highest BCUT2D eigenvalue weighted by atomic mass is 32.2. The number of thiophene rings is 1. The van der Waals surface area contributed by atoms with Gasteiger partial charge in [-0.05, 0) is 24.3 Å². The van der Waals surface area contributed by atoms with Crippen LogP contribution in [0, 0.1) is 5.82 Å². The molecular formula is C11H9FN2O4S2. The van der Waals surface area contributed by atoms with Crippen LogP contribution in [0.15, 0.2) is 34.7 Å². The standard InChI is InChI=1S/C11H9FN2O4S2/c12-7-1-3-9(13-6-7)14-20(17,18)11-4-2-8(19-11)5-10(15)16/h1-4,6H,5H2,(H,13,14)(H,15,16). The number of halogens is 1. The molecule has 2 N–H and O–H groups in total. The Balaban J connectivity index is 2.19. The van der Waals surface area contributed by atoms with E-state index in [1.54, 1.807) is 0 Å². The lowest BCUT2D eigenvalue weighted by atomic mass is 10.3. The second-order valence-electron chi connectivity index (χ2n) is 3.76. The highest BCUT2D eigenvalue weighted by Gasteiger charge is 2.18. The normalized spacial score (nSPS) is 11.2. The fraction of sp³-hybridized carbons (Fsp3) is 0.0909. The predicted octanol–water partition coefficient (Wildman–Crippen LogP) is 1.71. The smallest absolute Gasteiger partial charge is 0.308 e. The van der Waals surface area contributed by atoms with E-state index >= 15 is 0 Å². The molecule has 0 spiro atoms. The van der Waals surface area contributed by atoms with Gasteiger partial charge in [0.1, 0.15) is 15.8 Å². The number of pyridine rings is 1. The average Bonchev–Trinajstić information content (AvgIpc) is 2.80. The molecule has 9 heteroatoms. The number of aliphatic carboxylic acids is 1. The number of anilines is 1. The van der Waals surface area contributed by atoms with E-state index in [1.165, 1.54) is 18.2 Å². The number of nitrogens with zero attached hydrogens (tertiary/aromatic N) is 1. The maximum atomic E-state index is 12.7. The van der Waals surface area contributed by atoms with Crippen molar-refractivity contribution in [3.8, 4) is 0 Å². The third-order valence-electron chi connectivity index (χ3n) is 2.19. The molecule has 2 aromatic rings. The number of rotatable bonds is 5. The van der Waals surface area contributed by atoms with Crippen LogP contribution in [0.4, 0.5) is 10.2 Å². The number of carboxylic acid groups (broad SMARTS) is 1. The van der Waals surface area contributed by atoms with Crippen LogP contribution in [-0.4, -0.2) is 24.5 Å². The molecular weight excluding hydrogens is 307 g/mol. The van der Waals surface area contributed by atoms with Gasteiger partial charge in [0, 0.05) is 4.88 Å². The molecule has 6 nitrogen and oxygen atoms in total. The first-order chi connectivity index (χ1) is 9.37. The third kappa shape index (κ3) is 3.52. The highest BCUT2D eigenvalue weighted by Crippen LogP contribution is 2.24. The zero-order chi connectivity index (χ0) is 14.8. The molecule has 2 aromatic heterocycles. The number of aromatic nitrogens is 1. The fourth-order valence-corrected chi connectivity index (χ4v) is 3.73. The van der Waals surface area contributed by atoms with Crippen molar-refractivity contribution in [2.75, 3.05) is 4.72 Å². The first kappa shape index (κ1) is 14.4. The molecule has 0 bridgehead atoms. The summed E-state index contributed by atoms with van der Waals surface area (Å²) >= 11 is 0.857. The summed E-state index contributed by atoms with van der Waals surface area (Å²) < 4.78 is 38.8. The quantitative estimate of drug-likeness (QED) is 0.875. The number of nitrogens with one attached hydrogen (secondary N) is 1. The Bertz CT molecular complexity index is 725. The largest absolute Gasteiger partial charge is 0.481 e. The van der Waals surface area contributed by atoms with Gasteiger partial charge in [-0.3, -0.25) is 9.52 Å². The van der Waals surface area contributed by atoms with Gasteiger partial charge in [-0.25, -0.2) is 17.8 Å². The Morgan fingerprint density at radius 1 is 1.35 bits per heavy atom. The van der Waals surface area contributed by atoms with E-state index in [9.17, 15) is 17.6 Å². The Hall–Kier alpha value is -2.00. The zero-order valence-electron chi connectivity index (χ0n) is 9.91. The lowest BCUT2D eigenvalue weighted by Gasteiger charge is -2.04. The Kier molecular flexibility index (Phi) is 4.00. The van der Waals surface area contributed by atoms with Crippen LogP contribution >= 0.6 is 11.3 Å². The molecule has 0 fully saturated rings. The molecule has 0 amide bonds. The molecule has 20 heavy (non-hydrogen) atoms. The lowest BCUT2D eigenvalue weighted by molar-refractivity contribution is -0.136. The van der Waals surface area contributed by atoms with Crippen molar-refractivity contribution >= 4 is 33.1 Å². The minimum absolute atomic E-state index is 0.0143. The van der Waals surface area contributed by atoms with Gasteiger partial charge in [0.15, 0.2) is 0 Å². The van der Waals surface area contributed by atoms with Crippen molar-refractivity contribution in [1.29, 1.82) is 0 Å². The number of carboxylic acids is 1. The van der Waals surface area contributed by atoms with E-state index in [-0.39, 0.29) is 16.4 Å². The SMILES string of the molecule is O=C(O)Cc1ccc(S(=O)(=O)Nc2ccc(F)cn2)s1. The first-order valence-electron chi connectivity index (χ1n) is 5.32. The van der Waals surface area contributed by atoms with Crippen molar-refractivity contribution in [1.82, 2.24) is 4.98 Å². The molecule has 0 radical (unpaired) electrons. The van der Waals surface area contributed by atoms with E-state index in [4.69, 9.17) is 5.11 Å². The summed E-state index contributed by atoms with van der Waals surface area (Å²) in [6, 6.07) is 5.02. The Morgan fingerprint density at radius 2 is 2.10 bits per heavy atom. The van der Waals surface area contributed by atoms with Crippen LogP contribution in [0.1, 0.15) is 4.88 Å². The van der Waals surface area contributed by atoms with Gasteiger partial charge < -0.3 is 5.11 Å². The van der Waals surface area contributed by atoms with Gasteiger partial charge in [0.2, 0.25) is 0 Å². The zero-order valence-corrected chi connectivity index (χ0v) is 11.5. The van der Waals surface area contributed by atoms with Crippen molar-refractivity contribution in [2.45, 2.75) is 10.6 Å². The molecule has 2 rings (SSSR count). The number of carbonyl (C=O) groups is 1. The first-order valence-corrected chi connectivity index (χ1v) is 7.62. The molecule has 0 aromatic carbocycles. The van der Waals surface area contributed by atoms with Crippen molar-refractivity contribution < 1.29 is 22.7 Å². The molecule has 0 aliphatic rings. The summed E-state index contributed by atoms with van der Waals surface area (Å²) in [7, 11) is -3.85. The summed E-state index contributed by atoms with van der Waals surface area (Å²) in [5.41, 5.74) is 0. The van der Waals surface area contributed by atoms with Crippen LogP contribution in [-0.2, 0) is 21.2 Å². The van der Waals surface area contributed by atoms with E-state index in [0.29, 0.717) is 4.88 Å². The topological polar surface area (TPSA) is 96.4 Å². The van der Waals surface area contributed by atoms with Crippen LogP contribution in [0.2, 0.25) is 0 Å². The van der Waals surface area contributed by atoms with Gasteiger partial charge in [0.25, 0.3) is 10.0 Å². The second-order valence-corrected chi connectivity index (χ2v) is 6.84. The molecule has 0 saturated carbocycles. The second kappa shape index (κ2) is 5.55. The Labute approximate surface area is 118 Å². The number of hydrogen-bond acceptors (Lipinski definition) is 5. The molecule has 0 aliphatic heterocycles. The highest BCUT2D eigenvalue weighted by molar-refractivity contribution is 7.94. The minimum atomic E-state index is -3.85. The van der Waals surface area contributed by atoms with E-state index < -0.39 is 21.8 Å². The van der Waals surface area contributed by atoms with E-state index in [2.05, 4.69) is 9.71 Å². The number of hydrogen-bond donors (Lipinski definition) is 2. The third-order valence-corrected chi connectivity index (χ3v) is 5.13. The lowest BCUT2D eigenvalue weighted by Crippen LogP contribution is -2.12. The summed E-state index contributed by atoms with van der Waals surface area (Å²) in [4.78, 5) is 14.6. The number of sulfonamides is 1. The van der Waals surface area contributed by atoms with Gasteiger partial charge in [-0.1, -0.05) is 0 Å². The molecule has 0 unspecified atom stereocenters. The van der Waals surface area contributed by atoms with Crippen molar-refractivity contribution in [2.24, 2.45) is 0 Å². The average molecular weight is 316 g/mol. The summed E-state index contributed by atoms with van der Waals surface area (Å²) in [5, 5.41) is 8.64. The summed E-state index contributed by atoms with van der Waals surface area (Å²) in [6.45, 7) is 0. The van der Waals surface area contributed by atoms with Gasteiger partial charge in [0.05, 0.1) is 12.6 Å². The predicted molar refractivity (Wildman–Crippen MR) is 70.7 cm³/mol. The minimum Gasteiger partial charge on any atom is -0.481 e. The summed E-state index contributed by atoms with van der Waals surface area (Å²) in [6.07, 6.45) is 0.650. The molecule has 2 heterocycles. The van der Waals surface area contributed by atoms with Crippen molar-refractivity contribution in [3.63, 3.8) is 0 Å². The molecule has 0 atom stereocenters. The molecule has 106 valence electrons. The molecule has 0 aliphatic carbocycles. The molecule has 0 saturated heterocycles. The van der Waals surface area contributed by atoms with Crippen LogP contribution in [0.25, 0.3) is 0 Å². The van der Waals surface area contributed by atoms with Crippen LogP contribution < -0.4 is 4.72 Å². The van der Waals surface area contributed by atoms with E-state index in [1.807, 2.05) is 0 Å². The fourth-order valence-electron chi connectivity index (χ4n) is 1.37.